The van der Waals surface area contributed by atoms with Crippen LogP contribution in [0.4, 0.5) is 24.7 Å². The van der Waals surface area contributed by atoms with E-state index >= 15 is 4.39 Å². The van der Waals surface area contributed by atoms with Gasteiger partial charge in [-0.3, -0.25) is 4.90 Å². The monoisotopic (exact) mass is 798 g/mol. The Morgan fingerprint density at radius 3 is 2.36 bits per heavy atom. The minimum atomic E-state index is -4.62. The number of carbonyl (C=O) groups excluding carboxylic acids is 2. The molecule has 2 heterocycles. The highest BCUT2D eigenvalue weighted by molar-refractivity contribution is 7.93. The standard InChI is InChI=1S/C35H48ClFN6O8S2/c1-34(2,3)50-32(44)41-16-13-24(41)20-38-14-9-10-15-42(33(45)51-35(4,5)6)28-19-27(37)30(18-26(28)36)53(46,47)43(31-21-39-40-52-31)22-23-11-12-25(48-7)17-29(23)49-8/h11-12,17-19,21,24,38H,9-10,13-16,20,22H2,1-8H3. The zero-order valence-corrected chi connectivity index (χ0v) is 33.7. The van der Waals surface area contributed by atoms with Crippen LogP contribution in [-0.4, -0.2) is 92.7 Å². The minimum Gasteiger partial charge on any atom is -0.497 e. The largest absolute Gasteiger partial charge is 0.497 e. The first-order valence-electron chi connectivity index (χ1n) is 17.1. The van der Waals surface area contributed by atoms with Gasteiger partial charge < -0.3 is 29.2 Å². The lowest BCUT2D eigenvalue weighted by Gasteiger charge is -2.41. The fourth-order valence-corrected chi connectivity index (χ4v) is 7.92. The molecular weight excluding hydrogens is 751 g/mol. The number of anilines is 2. The van der Waals surface area contributed by atoms with Gasteiger partial charge in [-0.2, -0.15) is 0 Å². The van der Waals surface area contributed by atoms with Gasteiger partial charge in [0.15, 0.2) is 0 Å². The fraction of sp³-hybridized carbons (Fsp3) is 0.543. The number of ether oxygens (including phenoxy) is 4. The number of aromatic nitrogens is 2. The Labute approximate surface area is 319 Å². The van der Waals surface area contributed by atoms with Crippen molar-refractivity contribution in [1.82, 2.24) is 19.8 Å². The summed E-state index contributed by atoms with van der Waals surface area (Å²) < 4.78 is 71.0. The highest BCUT2D eigenvalue weighted by Gasteiger charge is 2.35. The summed E-state index contributed by atoms with van der Waals surface area (Å²) in [6, 6.07) is 6.84. The van der Waals surface area contributed by atoms with Crippen LogP contribution in [0.15, 0.2) is 41.4 Å². The maximum Gasteiger partial charge on any atom is 0.414 e. The predicted molar refractivity (Wildman–Crippen MR) is 201 cm³/mol. The number of amides is 2. The van der Waals surface area contributed by atoms with Gasteiger partial charge in [0, 0.05) is 54.9 Å². The normalized spacial score (nSPS) is 14.7. The smallest absolute Gasteiger partial charge is 0.414 e. The molecule has 14 nitrogen and oxygen atoms in total. The van der Waals surface area contributed by atoms with Gasteiger partial charge in [-0.15, -0.1) is 5.10 Å². The van der Waals surface area contributed by atoms with Gasteiger partial charge in [0.1, 0.15) is 38.4 Å². The number of hydrogen-bond acceptors (Lipinski definition) is 12. The van der Waals surface area contributed by atoms with E-state index in [-0.39, 0.29) is 40.9 Å². The van der Waals surface area contributed by atoms with Gasteiger partial charge in [0.25, 0.3) is 10.0 Å². The zero-order valence-electron chi connectivity index (χ0n) is 31.3. The first kappa shape index (κ1) is 41.8. The molecule has 0 spiro atoms. The molecule has 4 rings (SSSR count). The molecular formula is C35H48ClFN6O8S2. The Morgan fingerprint density at radius 1 is 1.06 bits per heavy atom. The van der Waals surface area contributed by atoms with E-state index in [9.17, 15) is 18.0 Å². The molecule has 1 N–H and O–H groups in total. The van der Waals surface area contributed by atoms with Crippen molar-refractivity contribution in [3.8, 4) is 11.5 Å². The molecule has 53 heavy (non-hydrogen) atoms. The Morgan fingerprint density at radius 2 is 1.77 bits per heavy atom. The van der Waals surface area contributed by atoms with Gasteiger partial charge in [-0.25, -0.2) is 26.7 Å². The summed E-state index contributed by atoms with van der Waals surface area (Å²) in [7, 11) is -1.69. The van der Waals surface area contributed by atoms with E-state index in [1.165, 1.54) is 25.3 Å². The third-order valence-corrected chi connectivity index (χ3v) is 10.9. The molecule has 2 aromatic carbocycles. The van der Waals surface area contributed by atoms with Crippen LogP contribution in [0.25, 0.3) is 0 Å². The van der Waals surface area contributed by atoms with Gasteiger partial charge in [0.2, 0.25) is 0 Å². The first-order valence-corrected chi connectivity index (χ1v) is 19.6. The van der Waals surface area contributed by atoms with Crippen LogP contribution in [0.5, 0.6) is 11.5 Å². The summed E-state index contributed by atoms with van der Waals surface area (Å²) in [5, 5.41) is 7.08. The summed E-state index contributed by atoms with van der Waals surface area (Å²) in [4.78, 5) is 28.1. The van der Waals surface area contributed by atoms with Crippen molar-refractivity contribution in [3.63, 3.8) is 0 Å². The Hall–Kier alpha value is -3.93. The summed E-state index contributed by atoms with van der Waals surface area (Å²) in [5.74, 6) is -0.275. The lowest BCUT2D eigenvalue weighted by molar-refractivity contribution is -0.00489. The van der Waals surface area contributed by atoms with Crippen LogP contribution in [0.2, 0.25) is 5.02 Å². The van der Waals surface area contributed by atoms with E-state index in [1.807, 2.05) is 20.8 Å². The molecule has 1 aliphatic rings. The van der Waals surface area contributed by atoms with E-state index in [0.717, 1.165) is 34.4 Å². The number of hydrogen-bond donors (Lipinski definition) is 1. The molecule has 1 atom stereocenters. The number of nitrogens with one attached hydrogen (secondary N) is 1. The van der Waals surface area contributed by atoms with Crippen molar-refractivity contribution in [1.29, 1.82) is 0 Å². The Kier molecular flexibility index (Phi) is 13.8. The number of likely N-dealkylation sites (tertiary alicyclic amines) is 1. The van der Waals surface area contributed by atoms with E-state index in [0.29, 0.717) is 49.5 Å². The number of halogens is 2. The first-order chi connectivity index (χ1) is 24.8. The van der Waals surface area contributed by atoms with Crippen LogP contribution >= 0.6 is 23.1 Å². The maximum absolute atomic E-state index is 16.1. The van der Waals surface area contributed by atoms with E-state index in [1.54, 1.807) is 43.9 Å². The molecule has 0 bridgehead atoms. The molecule has 1 aliphatic heterocycles. The molecule has 1 fully saturated rings. The summed E-state index contributed by atoms with van der Waals surface area (Å²) >= 11 is 7.49. The number of rotatable bonds is 15. The molecule has 292 valence electrons. The van der Waals surface area contributed by atoms with Crippen molar-refractivity contribution in [2.45, 2.75) is 89.5 Å². The number of methoxy groups -OCH3 is 2. The third kappa shape index (κ3) is 11.1. The van der Waals surface area contributed by atoms with Crippen LogP contribution < -0.4 is 24.0 Å². The molecule has 1 unspecified atom stereocenters. The average molecular weight is 799 g/mol. The van der Waals surface area contributed by atoms with Crippen molar-refractivity contribution in [2.24, 2.45) is 0 Å². The quantitative estimate of drug-likeness (QED) is 0.161. The van der Waals surface area contributed by atoms with E-state index < -0.39 is 38.0 Å². The summed E-state index contributed by atoms with van der Waals surface area (Å²) in [6.45, 7) is 12.2. The molecule has 1 saturated heterocycles. The van der Waals surface area contributed by atoms with Crippen molar-refractivity contribution < 1.29 is 41.3 Å². The molecule has 1 aromatic heterocycles. The predicted octanol–water partition coefficient (Wildman–Crippen LogP) is 6.86. The highest BCUT2D eigenvalue weighted by atomic mass is 35.5. The van der Waals surface area contributed by atoms with E-state index in [4.69, 9.17) is 30.5 Å². The molecule has 0 aliphatic carbocycles. The summed E-state index contributed by atoms with van der Waals surface area (Å²) in [6.07, 6.45) is 2.11. The molecule has 2 amide bonds. The van der Waals surface area contributed by atoms with Crippen molar-refractivity contribution in [3.05, 3.63) is 52.9 Å². The SMILES string of the molecule is COc1ccc(CN(c2cnns2)S(=O)(=O)c2cc(Cl)c(N(CCCCNCC3CCN3C(=O)OC(C)(C)C)C(=O)OC(C)(C)C)cc2F)c(OC)c1. The van der Waals surface area contributed by atoms with Gasteiger partial charge in [-0.1, -0.05) is 16.1 Å². The van der Waals surface area contributed by atoms with Crippen LogP contribution in [0, 0.1) is 5.82 Å². The van der Waals surface area contributed by atoms with Crippen LogP contribution in [-0.2, 0) is 26.0 Å². The summed E-state index contributed by atoms with van der Waals surface area (Å²) in [5.41, 5.74) is -1.03. The third-order valence-electron chi connectivity index (χ3n) is 8.01. The second-order valence-electron chi connectivity index (χ2n) is 14.3. The minimum absolute atomic E-state index is 0.0289. The van der Waals surface area contributed by atoms with Gasteiger partial charge in [-0.05, 0) is 85.5 Å². The van der Waals surface area contributed by atoms with Crippen LogP contribution in [0.3, 0.4) is 0 Å². The Bertz CT molecular complexity index is 1840. The fourth-order valence-electron chi connectivity index (χ4n) is 5.36. The average Bonchev–Trinajstić information content (AvgIpc) is 3.58. The van der Waals surface area contributed by atoms with E-state index in [2.05, 4.69) is 14.9 Å². The van der Waals surface area contributed by atoms with Crippen molar-refractivity contribution >= 4 is 56.0 Å². The van der Waals surface area contributed by atoms with Crippen molar-refractivity contribution in [2.75, 3.05) is 49.6 Å². The van der Waals surface area contributed by atoms with Gasteiger partial charge >= 0.3 is 12.2 Å². The number of benzene rings is 2. The highest BCUT2D eigenvalue weighted by Crippen LogP contribution is 2.37. The molecule has 0 saturated carbocycles. The second kappa shape index (κ2) is 17.5. The number of carbonyl (C=O) groups is 2. The maximum atomic E-state index is 16.1. The zero-order chi connectivity index (χ0) is 39.1. The second-order valence-corrected chi connectivity index (χ2v) is 17.3. The Balaban J connectivity index is 1.51. The van der Waals surface area contributed by atoms with Crippen LogP contribution in [0.1, 0.15) is 66.4 Å². The number of unbranched alkanes of at least 4 members (excludes halogenated alkanes) is 1. The molecule has 3 aromatic rings. The number of sulfonamides is 1. The number of nitrogens with zero attached hydrogens (tertiary/aromatic N) is 5. The lowest BCUT2D eigenvalue weighted by Crippen LogP contribution is -2.56. The van der Waals surface area contributed by atoms with Gasteiger partial charge in [0.05, 0.1) is 37.7 Å². The molecule has 0 radical (unpaired) electrons. The lowest BCUT2D eigenvalue weighted by atomic mass is 10.0. The topological polar surface area (TPSA) is 153 Å². The molecule has 18 heteroatoms.